The van der Waals surface area contributed by atoms with Crippen molar-refractivity contribution in [1.29, 1.82) is 0 Å². The van der Waals surface area contributed by atoms with Crippen molar-refractivity contribution in [3.63, 3.8) is 0 Å². The third kappa shape index (κ3) is 2.82. The monoisotopic (exact) mass is 509 g/mol. The number of aromatic hydroxyl groups is 3. The largest absolute Gasteiger partial charge is 0.508 e. The van der Waals surface area contributed by atoms with Gasteiger partial charge in [-0.2, -0.15) is 0 Å². The summed E-state index contributed by atoms with van der Waals surface area (Å²) in [5.41, 5.74) is 7.01. The number of rotatable bonds is 2. The number of fused-ring (bicyclic) bond motifs is 1. The lowest BCUT2D eigenvalue weighted by atomic mass is 9.51. The summed E-state index contributed by atoms with van der Waals surface area (Å²) in [5.74, 6) is 1.82. The number of phenolic OH excluding ortho intramolecular Hbond substituents is 3. The Labute approximate surface area is 221 Å². The Morgan fingerprint density at radius 3 is 2.32 bits per heavy atom. The number of benzene rings is 3. The maximum absolute atomic E-state index is 11.0. The molecule has 7 nitrogen and oxygen atoms in total. The minimum absolute atomic E-state index is 0.159. The SMILES string of the molecule is CN1CC[C@]23c4c5ccc(O)c4OC2C2=C(C[C@H]3[C@H]1C5)CN(c1ccc(O)cc1)CN2c1ccc(O)cc1. The van der Waals surface area contributed by atoms with Gasteiger partial charge in [0.2, 0.25) is 0 Å². The van der Waals surface area contributed by atoms with Gasteiger partial charge in [-0.25, -0.2) is 0 Å². The van der Waals surface area contributed by atoms with E-state index in [0.29, 0.717) is 24.4 Å². The van der Waals surface area contributed by atoms with E-state index < -0.39 is 0 Å². The molecule has 3 aromatic carbocycles. The third-order valence-corrected chi connectivity index (χ3v) is 9.83. The summed E-state index contributed by atoms with van der Waals surface area (Å²) in [7, 11) is 2.25. The molecule has 1 spiro atoms. The molecule has 38 heavy (non-hydrogen) atoms. The van der Waals surface area contributed by atoms with Crippen LogP contribution in [0.4, 0.5) is 11.4 Å². The van der Waals surface area contributed by atoms with Gasteiger partial charge in [0.25, 0.3) is 0 Å². The van der Waals surface area contributed by atoms with E-state index in [0.717, 1.165) is 43.7 Å². The van der Waals surface area contributed by atoms with Crippen molar-refractivity contribution in [3.8, 4) is 23.0 Å². The highest BCUT2D eigenvalue weighted by atomic mass is 16.5. The molecule has 3 aromatic rings. The second-order valence-electron chi connectivity index (χ2n) is 11.6. The van der Waals surface area contributed by atoms with Crippen LogP contribution in [0.2, 0.25) is 0 Å². The van der Waals surface area contributed by atoms with Gasteiger partial charge in [0.05, 0.1) is 12.4 Å². The predicted molar refractivity (Wildman–Crippen MR) is 145 cm³/mol. The molecule has 4 atom stereocenters. The quantitative estimate of drug-likeness (QED) is 0.475. The van der Waals surface area contributed by atoms with E-state index in [1.807, 2.05) is 24.3 Å². The van der Waals surface area contributed by atoms with E-state index in [1.54, 1.807) is 30.3 Å². The lowest BCUT2D eigenvalue weighted by molar-refractivity contribution is -0.0126. The summed E-state index contributed by atoms with van der Waals surface area (Å²) >= 11 is 0. The first kappa shape index (κ1) is 22.2. The van der Waals surface area contributed by atoms with E-state index in [9.17, 15) is 15.3 Å². The van der Waals surface area contributed by atoms with Crippen LogP contribution in [0.15, 0.2) is 71.9 Å². The highest BCUT2D eigenvalue weighted by molar-refractivity contribution is 5.68. The summed E-state index contributed by atoms with van der Waals surface area (Å²) < 4.78 is 6.88. The molecule has 3 aliphatic heterocycles. The number of hydrogen-bond donors (Lipinski definition) is 3. The van der Waals surface area contributed by atoms with Gasteiger partial charge in [-0.05, 0) is 105 Å². The van der Waals surface area contributed by atoms with E-state index in [-0.39, 0.29) is 28.8 Å². The summed E-state index contributed by atoms with van der Waals surface area (Å²) in [4.78, 5) is 7.21. The Balaban J connectivity index is 1.33. The molecule has 2 aliphatic carbocycles. The summed E-state index contributed by atoms with van der Waals surface area (Å²) in [6.07, 6.45) is 2.78. The predicted octanol–water partition coefficient (Wildman–Crippen LogP) is 4.32. The van der Waals surface area contributed by atoms with Gasteiger partial charge >= 0.3 is 0 Å². The van der Waals surface area contributed by atoms with Gasteiger partial charge in [0.15, 0.2) is 11.5 Å². The average molecular weight is 510 g/mol. The summed E-state index contributed by atoms with van der Waals surface area (Å²) in [6, 6.07) is 19.2. The molecule has 2 bridgehead atoms. The van der Waals surface area contributed by atoms with Crippen LogP contribution < -0.4 is 14.5 Å². The van der Waals surface area contributed by atoms with Crippen LogP contribution in [0.25, 0.3) is 0 Å². The molecule has 0 amide bonds. The maximum atomic E-state index is 11.0. The molecular formula is C31H31N3O4. The zero-order chi connectivity index (χ0) is 25.8. The van der Waals surface area contributed by atoms with Crippen LogP contribution in [0, 0.1) is 5.92 Å². The standard InChI is InChI=1S/C31H31N3O4/c1-32-13-12-31-24-14-19-16-33(20-3-7-22(35)8-4-20)17-34(21-5-9-23(36)10-6-21)28(19)30(31)38-29-26(37)11-2-18(27(29)31)15-25(24)32/h2-11,24-25,30,35-37H,12-17H2,1H3/t24-,25+,30?,31-/m0/s1. The van der Waals surface area contributed by atoms with Crippen molar-refractivity contribution in [2.45, 2.75) is 36.8 Å². The Morgan fingerprint density at radius 2 is 1.58 bits per heavy atom. The molecule has 194 valence electrons. The molecule has 3 N–H and O–H groups in total. The van der Waals surface area contributed by atoms with Crippen molar-refractivity contribution in [2.24, 2.45) is 5.92 Å². The highest BCUT2D eigenvalue weighted by Crippen LogP contribution is 2.65. The van der Waals surface area contributed by atoms with Gasteiger partial charge in [-0.15, -0.1) is 0 Å². The van der Waals surface area contributed by atoms with Crippen LogP contribution in [0.1, 0.15) is 24.0 Å². The second-order valence-corrected chi connectivity index (χ2v) is 11.6. The zero-order valence-corrected chi connectivity index (χ0v) is 21.3. The van der Waals surface area contributed by atoms with E-state index in [1.165, 1.54) is 22.4 Å². The van der Waals surface area contributed by atoms with Crippen LogP contribution in [0.5, 0.6) is 23.0 Å². The third-order valence-electron chi connectivity index (χ3n) is 9.83. The van der Waals surface area contributed by atoms with Crippen molar-refractivity contribution in [1.82, 2.24) is 4.90 Å². The maximum Gasteiger partial charge on any atom is 0.166 e. The van der Waals surface area contributed by atoms with Crippen LogP contribution in [0.3, 0.4) is 0 Å². The number of hydrogen-bond acceptors (Lipinski definition) is 7. The molecule has 3 heterocycles. The first-order valence-electron chi connectivity index (χ1n) is 13.5. The van der Waals surface area contributed by atoms with Gasteiger partial charge in [0, 0.05) is 34.9 Å². The lowest BCUT2D eigenvalue weighted by Crippen LogP contribution is -2.66. The molecule has 7 heteroatoms. The topological polar surface area (TPSA) is 79.6 Å². The van der Waals surface area contributed by atoms with E-state index in [4.69, 9.17) is 4.74 Å². The number of phenols is 3. The summed E-state index contributed by atoms with van der Waals surface area (Å²) in [6.45, 7) is 2.41. The van der Waals surface area contributed by atoms with E-state index in [2.05, 4.69) is 27.8 Å². The van der Waals surface area contributed by atoms with Gasteiger partial charge in [-0.1, -0.05) is 6.07 Å². The molecule has 5 aliphatic rings. The first-order valence-corrected chi connectivity index (χ1v) is 13.5. The molecule has 0 radical (unpaired) electrons. The average Bonchev–Trinajstić information content (AvgIpc) is 3.27. The molecule has 8 rings (SSSR count). The number of likely N-dealkylation sites (tertiary alicyclic amines) is 1. The van der Waals surface area contributed by atoms with Crippen molar-refractivity contribution in [2.75, 3.05) is 36.6 Å². The van der Waals surface area contributed by atoms with Crippen LogP contribution in [-0.2, 0) is 11.8 Å². The van der Waals surface area contributed by atoms with E-state index >= 15 is 0 Å². The minimum Gasteiger partial charge on any atom is -0.508 e. The van der Waals surface area contributed by atoms with Gasteiger partial charge in [0.1, 0.15) is 17.6 Å². The fraction of sp³-hybridized carbons (Fsp3) is 0.355. The minimum atomic E-state index is -0.175. The number of anilines is 2. The normalized spacial score (nSPS) is 29.1. The van der Waals surface area contributed by atoms with Gasteiger partial charge < -0.3 is 34.8 Å². The van der Waals surface area contributed by atoms with Crippen molar-refractivity contribution >= 4 is 11.4 Å². The van der Waals surface area contributed by atoms with Crippen LogP contribution in [-0.4, -0.2) is 59.2 Å². The first-order chi connectivity index (χ1) is 18.4. The Morgan fingerprint density at radius 1 is 0.868 bits per heavy atom. The van der Waals surface area contributed by atoms with Gasteiger partial charge in [-0.3, -0.25) is 0 Å². The Hall–Kier alpha value is -3.84. The number of ether oxygens (including phenoxy) is 1. The lowest BCUT2D eigenvalue weighted by Gasteiger charge is -2.60. The molecule has 1 unspecified atom stereocenters. The molecule has 0 saturated carbocycles. The second kappa shape index (κ2) is 7.60. The fourth-order valence-electron chi connectivity index (χ4n) is 8.16. The smallest absolute Gasteiger partial charge is 0.166 e. The highest BCUT2D eigenvalue weighted by Gasteiger charge is 2.66. The summed E-state index contributed by atoms with van der Waals surface area (Å²) in [5, 5.41) is 30.9. The Kier molecular flexibility index (Phi) is 4.44. The number of nitrogens with zero attached hydrogens (tertiary/aromatic N) is 3. The molecular weight excluding hydrogens is 478 g/mol. The molecule has 1 saturated heterocycles. The number of likely N-dealkylation sites (N-methyl/N-ethyl adjacent to an activating group) is 1. The Bertz CT molecular complexity index is 1480. The number of piperidine rings is 1. The van der Waals surface area contributed by atoms with Crippen molar-refractivity contribution < 1.29 is 20.1 Å². The van der Waals surface area contributed by atoms with Crippen molar-refractivity contribution in [3.05, 3.63) is 83.1 Å². The zero-order valence-electron chi connectivity index (χ0n) is 21.3. The molecule has 0 aromatic heterocycles. The van der Waals surface area contributed by atoms with Crippen LogP contribution >= 0.6 is 0 Å². The molecule has 1 fully saturated rings. The fourth-order valence-corrected chi connectivity index (χ4v) is 8.16.